The van der Waals surface area contributed by atoms with Crippen LogP contribution >= 0.6 is 0 Å². The van der Waals surface area contributed by atoms with E-state index >= 15 is 0 Å². The lowest BCUT2D eigenvalue weighted by Crippen LogP contribution is -2.32. The van der Waals surface area contributed by atoms with Gasteiger partial charge in [-0.3, -0.25) is 0 Å². The summed E-state index contributed by atoms with van der Waals surface area (Å²) in [5.74, 6) is 1.26. The molecule has 2 N–H and O–H groups in total. The van der Waals surface area contributed by atoms with Crippen molar-refractivity contribution in [3.8, 4) is 0 Å². The molecule has 5 heteroatoms. The molecule has 0 aliphatic carbocycles. The molecule has 1 atom stereocenters. The highest BCUT2D eigenvalue weighted by molar-refractivity contribution is 5.45. The topological polar surface area (TPSA) is 59.5 Å². The minimum Gasteiger partial charge on any atom is -0.343 e. The van der Waals surface area contributed by atoms with Crippen LogP contribution < -0.4 is 10.6 Å². The van der Waals surface area contributed by atoms with Crippen molar-refractivity contribution in [1.29, 1.82) is 0 Å². The normalized spacial score (nSPS) is 13.2. The van der Waals surface area contributed by atoms with Gasteiger partial charge in [-0.1, -0.05) is 19.9 Å². The zero-order valence-corrected chi connectivity index (χ0v) is 12.2. The van der Waals surface area contributed by atoms with Gasteiger partial charge < -0.3 is 10.6 Å². The summed E-state index contributed by atoms with van der Waals surface area (Å²) in [6, 6.07) is 4.25. The Morgan fingerprint density at radius 1 is 1.37 bits per heavy atom. The first-order valence-corrected chi connectivity index (χ1v) is 6.77. The number of anilines is 1. The van der Waals surface area contributed by atoms with E-state index in [-0.39, 0.29) is 6.04 Å². The summed E-state index contributed by atoms with van der Waals surface area (Å²) in [7, 11) is 2.01. The van der Waals surface area contributed by atoms with Crippen LogP contribution in [0.3, 0.4) is 0 Å². The summed E-state index contributed by atoms with van der Waals surface area (Å²) in [4.78, 5) is 6.57. The standard InChI is InChI=1S/C14H23N5/c1-10(2)12(15)7-8-18(4)14-16-13-6-5-11(3)9-19(13)17-14/h5-6,9-10,12H,7-8,15H2,1-4H3. The molecule has 0 bridgehead atoms. The van der Waals surface area contributed by atoms with Crippen molar-refractivity contribution in [2.45, 2.75) is 33.2 Å². The minimum atomic E-state index is 0.224. The highest BCUT2D eigenvalue weighted by Crippen LogP contribution is 2.12. The van der Waals surface area contributed by atoms with Gasteiger partial charge in [0.1, 0.15) is 0 Å². The number of aryl methyl sites for hydroxylation is 1. The van der Waals surface area contributed by atoms with E-state index in [4.69, 9.17) is 5.73 Å². The number of nitrogens with two attached hydrogens (primary N) is 1. The van der Waals surface area contributed by atoms with Gasteiger partial charge in [0.05, 0.1) is 0 Å². The minimum absolute atomic E-state index is 0.224. The Bertz CT molecular complexity index is 546. The Morgan fingerprint density at radius 3 is 2.79 bits per heavy atom. The molecular formula is C14H23N5. The van der Waals surface area contributed by atoms with E-state index in [2.05, 4.69) is 28.8 Å². The number of hydrogen-bond donors (Lipinski definition) is 1. The van der Waals surface area contributed by atoms with Crippen LogP contribution in [0, 0.1) is 12.8 Å². The largest absolute Gasteiger partial charge is 0.343 e. The van der Waals surface area contributed by atoms with E-state index in [1.165, 1.54) is 5.56 Å². The highest BCUT2D eigenvalue weighted by atomic mass is 15.4. The van der Waals surface area contributed by atoms with Gasteiger partial charge in [0, 0.05) is 25.8 Å². The maximum absolute atomic E-state index is 6.07. The molecule has 19 heavy (non-hydrogen) atoms. The Labute approximate surface area is 114 Å². The van der Waals surface area contributed by atoms with Crippen molar-refractivity contribution in [3.63, 3.8) is 0 Å². The van der Waals surface area contributed by atoms with Gasteiger partial charge in [-0.25, -0.2) is 4.52 Å². The fraction of sp³-hybridized carbons (Fsp3) is 0.571. The molecule has 0 aliphatic heterocycles. The number of hydrogen-bond acceptors (Lipinski definition) is 4. The fourth-order valence-corrected chi connectivity index (χ4v) is 1.91. The van der Waals surface area contributed by atoms with E-state index in [1.54, 1.807) is 0 Å². The van der Waals surface area contributed by atoms with Gasteiger partial charge in [0.15, 0.2) is 5.65 Å². The average molecular weight is 261 g/mol. The second-order valence-corrected chi connectivity index (χ2v) is 5.54. The lowest BCUT2D eigenvalue weighted by Gasteiger charge is -2.20. The van der Waals surface area contributed by atoms with Gasteiger partial charge in [-0.15, -0.1) is 5.10 Å². The highest BCUT2D eigenvalue weighted by Gasteiger charge is 2.12. The molecule has 0 saturated heterocycles. The van der Waals surface area contributed by atoms with E-state index in [0.29, 0.717) is 5.92 Å². The second kappa shape index (κ2) is 5.57. The third-order valence-corrected chi connectivity index (χ3v) is 3.46. The first-order valence-electron chi connectivity index (χ1n) is 6.77. The van der Waals surface area contributed by atoms with Crippen molar-refractivity contribution >= 4 is 11.6 Å². The number of pyridine rings is 1. The van der Waals surface area contributed by atoms with Gasteiger partial charge >= 0.3 is 0 Å². The van der Waals surface area contributed by atoms with Crippen molar-refractivity contribution in [1.82, 2.24) is 14.6 Å². The molecule has 0 spiro atoms. The van der Waals surface area contributed by atoms with Crippen LogP contribution in [0.5, 0.6) is 0 Å². The number of rotatable bonds is 5. The predicted molar refractivity (Wildman–Crippen MR) is 78.4 cm³/mol. The Balaban J connectivity index is 2.07. The Morgan fingerprint density at radius 2 is 2.11 bits per heavy atom. The first-order chi connectivity index (χ1) is 8.97. The molecule has 0 aliphatic rings. The van der Waals surface area contributed by atoms with Gasteiger partial charge in [0.2, 0.25) is 5.95 Å². The maximum Gasteiger partial charge on any atom is 0.245 e. The number of nitrogens with zero attached hydrogens (tertiary/aromatic N) is 4. The van der Waals surface area contributed by atoms with Crippen LogP contribution in [-0.4, -0.2) is 34.2 Å². The molecule has 2 aromatic heterocycles. The number of aromatic nitrogens is 3. The van der Waals surface area contributed by atoms with E-state index < -0.39 is 0 Å². The molecule has 0 radical (unpaired) electrons. The molecule has 0 fully saturated rings. The molecule has 0 aromatic carbocycles. The van der Waals surface area contributed by atoms with Crippen molar-refractivity contribution < 1.29 is 0 Å². The summed E-state index contributed by atoms with van der Waals surface area (Å²) in [6.45, 7) is 7.22. The summed E-state index contributed by atoms with van der Waals surface area (Å²) in [5, 5.41) is 4.49. The Hall–Kier alpha value is -1.62. The SMILES string of the molecule is Cc1ccc2nc(N(C)CCC(N)C(C)C)nn2c1. The first kappa shape index (κ1) is 13.8. The van der Waals surface area contributed by atoms with Crippen LogP contribution in [0.4, 0.5) is 5.95 Å². The van der Waals surface area contributed by atoms with E-state index in [1.807, 2.05) is 36.8 Å². The summed E-state index contributed by atoms with van der Waals surface area (Å²) >= 11 is 0. The molecule has 2 heterocycles. The van der Waals surface area contributed by atoms with Crippen LogP contribution in [-0.2, 0) is 0 Å². The van der Waals surface area contributed by atoms with Crippen molar-refractivity contribution in [3.05, 3.63) is 23.9 Å². The molecule has 104 valence electrons. The lowest BCUT2D eigenvalue weighted by molar-refractivity contribution is 0.465. The molecule has 0 saturated carbocycles. The van der Waals surface area contributed by atoms with Crippen LogP contribution in [0.15, 0.2) is 18.3 Å². The van der Waals surface area contributed by atoms with Crippen LogP contribution in [0.1, 0.15) is 25.8 Å². The molecule has 5 nitrogen and oxygen atoms in total. The second-order valence-electron chi connectivity index (χ2n) is 5.54. The monoisotopic (exact) mass is 261 g/mol. The molecule has 1 unspecified atom stereocenters. The number of fused-ring (bicyclic) bond motifs is 1. The Kier molecular flexibility index (Phi) is 4.04. The summed E-state index contributed by atoms with van der Waals surface area (Å²) in [5.41, 5.74) is 8.12. The quantitative estimate of drug-likeness (QED) is 0.892. The predicted octanol–water partition coefficient (Wildman–Crippen LogP) is 1.85. The van der Waals surface area contributed by atoms with Gasteiger partial charge in [0.25, 0.3) is 0 Å². The molecule has 2 aromatic rings. The molecule has 0 amide bonds. The smallest absolute Gasteiger partial charge is 0.245 e. The van der Waals surface area contributed by atoms with Crippen LogP contribution in [0.2, 0.25) is 0 Å². The maximum atomic E-state index is 6.07. The molecular weight excluding hydrogens is 238 g/mol. The molecule has 2 rings (SSSR count). The van der Waals surface area contributed by atoms with Gasteiger partial charge in [-0.2, -0.15) is 4.98 Å². The third kappa shape index (κ3) is 3.23. The van der Waals surface area contributed by atoms with Crippen molar-refractivity contribution in [2.24, 2.45) is 11.7 Å². The fourth-order valence-electron chi connectivity index (χ4n) is 1.91. The third-order valence-electron chi connectivity index (χ3n) is 3.46. The van der Waals surface area contributed by atoms with Crippen LogP contribution in [0.25, 0.3) is 5.65 Å². The summed E-state index contributed by atoms with van der Waals surface area (Å²) < 4.78 is 1.82. The van der Waals surface area contributed by atoms with E-state index in [9.17, 15) is 0 Å². The summed E-state index contributed by atoms with van der Waals surface area (Å²) in [6.07, 6.45) is 2.93. The zero-order valence-electron chi connectivity index (χ0n) is 12.2. The van der Waals surface area contributed by atoms with E-state index in [0.717, 1.165) is 24.6 Å². The van der Waals surface area contributed by atoms with Gasteiger partial charge in [-0.05, 0) is 30.9 Å². The average Bonchev–Trinajstić information content (AvgIpc) is 2.78. The van der Waals surface area contributed by atoms with Crippen molar-refractivity contribution in [2.75, 3.05) is 18.5 Å². The zero-order chi connectivity index (χ0) is 14.0. The lowest BCUT2D eigenvalue weighted by atomic mass is 10.0.